The van der Waals surface area contributed by atoms with E-state index in [0.717, 1.165) is 35.5 Å². The molecule has 7 heteroatoms. The van der Waals surface area contributed by atoms with E-state index in [1.807, 2.05) is 43.0 Å². The number of amides is 2. The second kappa shape index (κ2) is 8.91. The molecular formula is C20H24N2O3S2. The average Bonchev–Trinajstić information content (AvgIpc) is 3.20. The molecule has 144 valence electrons. The summed E-state index contributed by atoms with van der Waals surface area (Å²) in [5.41, 5.74) is 3.49. The van der Waals surface area contributed by atoms with E-state index in [-0.39, 0.29) is 23.0 Å². The molecule has 1 aliphatic heterocycles. The molecule has 1 saturated heterocycles. The van der Waals surface area contributed by atoms with Crippen LogP contribution in [-0.2, 0) is 9.54 Å². The lowest BCUT2D eigenvalue weighted by Gasteiger charge is -2.35. The smallest absolute Gasteiger partial charge is 0.251 e. The zero-order valence-corrected chi connectivity index (χ0v) is 16.9. The highest BCUT2D eigenvalue weighted by Crippen LogP contribution is 2.50. The van der Waals surface area contributed by atoms with E-state index in [2.05, 4.69) is 17.4 Å². The van der Waals surface area contributed by atoms with Gasteiger partial charge in [0.05, 0.1) is 4.75 Å². The highest BCUT2D eigenvalue weighted by atomic mass is 32.2. The number of benzene rings is 1. The van der Waals surface area contributed by atoms with E-state index in [1.165, 1.54) is 4.88 Å². The fourth-order valence-corrected chi connectivity index (χ4v) is 6.25. The lowest BCUT2D eigenvalue weighted by atomic mass is 9.94. The quantitative estimate of drug-likeness (QED) is 0.499. The molecule has 0 saturated carbocycles. The summed E-state index contributed by atoms with van der Waals surface area (Å²) >= 11 is 3.50. The zero-order chi connectivity index (χ0) is 19.3. The number of hydrogen-bond acceptors (Lipinski definition) is 5. The molecule has 0 bridgehead atoms. The van der Waals surface area contributed by atoms with Crippen molar-refractivity contribution in [2.24, 2.45) is 0 Å². The van der Waals surface area contributed by atoms with Gasteiger partial charge in [-0.25, -0.2) is 5.48 Å². The van der Waals surface area contributed by atoms with E-state index in [0.29, 0.717) is 12.1 Å². The highest BCUT2D eigenvalue weighted by Gasteiger charge is 2.38. The molecule has 2 aromatic rings. The number of nitrogens with one attached hydrogen (secondary N) is 2. The second-order valence-electron chi connectivity index (χ2n) is 6.61. The normalized spacial score (nSPS) is 19.5. The lowest BCUT2D eigenvalue weighted by Crippen LogP contribution is -2.32. The number of thioether (sulfide) groups is 1. The summed E-state index contributed by atoms with van der Waals surface area (Å²) < 4.78 is -0.269. The largest absolute Gasteiger partial charge is 0.352 e. The molecule has 3 N–H and O–H groups in total. The van der Waals surface area contributed by atoms with E-state index in [4.69, 9.17) is 5.21 Å². The van der Waals surface area contributed by atoms with Crippen molar-refractivity contribution in [2.75, 3.05) is 12.3 Å². The maximum absolute atomic E-state index is 11.9. The summed E-state index contributed by atoms with van der Waals surface area (Å²) in [4.78, 5) is 26.1. The van der Waals surface area contributed by atoms with Crippen LogP contribution < -0.4 is 10.8 Å². The molecule has 5 nitrogen and oxygen atoms in total. The average molecular weight is 405 g/mol. The molecule has 1 fully saturated rings. The minimum absolute atomic E-state index is 0.0662. The van der Waals surface area contributed by atoms with Gasteiger partial charge in [0, 0.05) is 28.3 Å². The summed E-state index contributed by atoms with van der Waals surface area (Å²) in [6, 6.07) is 11.8. The van der Waals surface area contributed by atoms with Crippen LogP contribution in [0.25, 0.3) is 10.4 Å². The van der Waals surface area contributed by atoms with Crippen LogP contribution in [0.1, 0.15) is 47.8 Å². The van der Waals surface area contributed by atoms with Gasteiger partial charge in [0.1, 0.15) is 0 Å². The SMILES string of the molecule is CCNC(=O)c1ccc(-c2ccc([C@@]3(CC(=O)NO)CCCCS3)s2)cc1. The van der Waals surface area contributed by atoms with Crippen LogP contribution >= 0.6 is 23.1 Å². The molecule has 0 radical (unpaired) electrons. The van der Waals surface area contributed by atoms with Gasteiger partial charge in [0.15, 0.2) is 0 Å². The number of carbonyl (C=O) groups excluding carboxylic acids is 2. The van der Waals surface area contributed by atoms with Crippen molar-refractivity contribution in [2.45, 2.75) is 37.4 Å². The molecule has 3 rings (SSSR count). The van der Waals surface area contributed by atoms with Crippen molar-refractivity contribution < 1.29 is 14.8 Å². The molecule has 2 heterocycles. The minimum Gasteiger partial charge on any atom is -0.352 e. The van der Waals surface area contributed by atoms with Crippen molar-refractivity contribution in [1.29, 1.82) is 0 Å². The van der Waals surface area contributed by atoms with Crippen LogP contribution in [0.3, 0.4) is 0 Å². The van der Waals surface area contributed by atoms with Crippen LogP contribution in [0.4, 0.5) is 0 Å². The summed E-state index contributed by atoms with van der Waals surface area (Å²) in [6.07, 6.45) is 3.46. The Morgan fingerprint density at radius 1 is 1.15 bits per heavy atom. The molecule has 1 atom stereocenters. The van der Waals surface area contributed by atoms with Crippen molar-refractivity contribution in [1.82, 2.24) is 10.8 Å². The van der Waals surface area contributed by atoms with Crippen LogP contribution in [0.5, 0.6) is 0 Å². The Morgan fingerprint density at radius 2 is 1.93 bits per heavy atom. The van der Waals surface area contributed by atoms with E-state index >= 15 is 0 Å². The summed E-state index contributed by atoms with van der Waals surface area (Å²) in [5, 5.41) is 11.8. The minimum atomic E-state index is -0.342. The van der Waals surface area contributed by atoms with Gasteiger partial charge in [-0.15, -0.1) is 23.1 Å². The fourth-order valence-electron chi connectivity index (χ4n) is 3.36. The van der Waals surface area contributed by atoms with Gasteiger partial charge in [-0.3, -0.25) is 14.8 Å². The Morgan fingerprint density at radius 3 is 2.56 bits per heavy atom. The number of thiophene rings is 1. The third-order valence-electron chi connectivity index (χ3n) is 4.75. The molecule has 1 aromatic heterocycles. The maximum atomic E-state index is 11.9. The third kappa shape index (κ3) is 4.54. The van der Waals surface area contributed by atoms with Gasteiger partial charge >= 0.3 is 0 Å². The Bertz CT molecular complexity index is 796. The molecule has 27 heavy (non-hydrogen) atoms. The van der Waals surface area contributed by atoms with E-state index in [9.17, 15) is 9.59 Å². The topological polar surface area (TPSA) is 78.4 Å². The summed E-state index contributed by atoms with van der Waals surface area (Å²) in [6.45, 7) is 2.51. The Kier molecular flexibility index (Phi) is 6.57. The number of rotatable bonds is 6. The first-order valence-corrected chi connectivity index (χ1v) is 10.9. The third-order valence-corrected chi connectivity index (χ3v) is 7.83. The first kappa shape index (κ1) is 19.9. The molecular weight excluding hydrogens is 380 g/mol. The Labute approximate surface area is 167 Å². The number of hydrogen-bond donors (Lipinski definition) is 3. The zero-order valence-electron chi connectivity index (χ0n) is 15.3. The van der Waals surface area contributed by atoms with Crippen molar-refractivity contribution in [3.63, 3.8) is 0 Å². The Balaban J connectivity index is 1.84. The van der Waals surface area contributed by atoms with Crippen molar-refractivity contribution >= 4 is 34.9 Å². The predicted octanol–water partition coefficient (Wildman–Crippen LogP) is 4.17. The lowest BCUT2D eigenvalue weighted by molar-refractivity contribution is -0.129. The predicted molar refractivity (Wildman–Crippen MR) is 110 cm³/mol. The van der Waals surface area contributed by atoms with Crippen molar-refractivity contribution in [3.05, 3.63) is 46.8 Å². The molecule has 2 amide bonds. The van der Waals surface area contributed by atoms with Gasteiger partial charge in [0.25, 0.3) is 5.91 Å². The fraction of sp³-hybridized carbons (Fsp3) is 0.400. The summed E-state index contributed by atoms with van der Waals surface area (Å²) in [5.74, 6) is 0.613. The molecule has 1 aromatic carbocycles. The molecule has 0 unspecified atom stereocenters. The van der Waals surface area contributed by atoms with Gasteiger partial charge in [-0.05, 0) is 55.3 Å². The van der Waals surface area contributed by atoms with Gasteiger partial charge in [-0.2, -0.15) is 0 Å². The molecule has 0 spiro atoms. The number of hydroxylamine groups is 1. The van der Waals surface area contributed by atoms with Gasteiger partial charge in [0.2, 0.25) is 5.91 Å². The second-order valence-corrected chi connectivity index (χ2v) is 9.17. The van der Waals surface area contributed by atoms with E-state index < -0.39 is 0 Å². The van der Waals surface area contributed by atoms with Crippen LogP contribution in [0.15, 0.2) is 36.4 Å². The first-order chi connectivity index (χ1) is 13.1. The van der Waals surface area contributed by atoms with Gasteiger partial charge < -0.3 is 5.32 Å². The van der Waals surface area contributed by atoms with Crippen LogP contribution in [-0.4, -0.2) is 29.3 Å². The van der Waals surface area contributed by atoms with Gasteiger partial charge in [-0.1, -0.05) is 18.6 Å². The van der Waals surface area contributed by atoms with Crippen LogP contribution in [0.2, 0.25) is 0 Å². The van der Waals surface area contributed by atoms with Crippen LogP contribution in [0, 0.1) is 0 Å². The standard InChI is InChI=1S/C20H24N2O3S2/c1-2-21-19(24)15-7-5-14(6-8-15)16-9-10-17(27-16)20(13-18(23)22-25)11-3-4-12-26-20/h5-10,25H,2-4,11-13H2,1H3,(H,21,24)(H,22,23)/t20-/m0/s1. The summed E-state index contributed by atoms with van der Waals surface area (Å²) in [7, 11) is 0. The molecule has 0 aliphatic carbocycles. The highest BCUT2D eigenvalue weighted by molar-refractivity contribution is 8.00. The monoisotopic (exact) mass is 404 g/mol. The maximum Gasteiger partial charge on any atom is 0.251 e. The number of carbonyl (C=O) groups is 2. The van der Waals surface area contributed by atoms with E-state index in [1.54, 1.807) is 16.8 Å². The molecule has 1 aliphatic rings. The first-order valence-electron chi connectivity index (χ1n) is 9.14. The Hall–Kier alpha value is -1.83. The van der Waals surface area contributed by atoms with Crippen molar-refractivity contribution in [3.8, 4) is 10.4 Å².